The maximum atomic E-state index is 8.91. The maximum Gasteiger partial charge on any atom is 0.158 e. The number of rotatable bonds is 8. The molecule has 0 radical (unpaired) electrons. The highest BCUT2D eigenvalue weighted by Crippen LogP contribution is 2.12. The molecule has 1 unspecified atom stereocenters. The summed E-state index contributed by atoms with van der Waals surface area (Å²) in [5.74, 6) is 1.61. The van der Waals surface area contributed by atoms with Gasteiger partial charge in [0.25, 0.3) is 0 Å². The smallest absolute Gasteiger partial charge is 0.158 e. The summed E-state index contributed by atoms with van der Waals surface area (Å²) >= 11 is 5.89. The number of anilines is 1. The van der Waals surface area contributed by atoms with Gasteiger partial charge >= 0.3 is 0 Å². The first kappa shape index (κ1) is 15.1. The molecular formula is C12H20ClN3O2. The first-order valence-electron chi connectivity index (χ1n) is 6.02. The summed E-state index contributed by atoms with van der Waals surface area (Å²) in [7, 11) is 1.59. The molecule has 1 aromatic heterocycles. The van der Waals surface area contributed by atoms with Gasteiger partial charge in [-0.2, -0.15) is 0 Å². The fourth-order valence-electron chi connectivity index (χ4n) is 1.51. The van der Waals surface area contributed by atoms with Crippen LogP contribution < -0.4 is 5.32 Å². The number of hydrogen-bond donors (Lipinski definition) is 2. The van der Waals surface area contributed by atoms with Gasteiger partial charge in [0.15, 0.2) is 5.82 Å². The van der Waals surface area contributed by atoms with Crippen LogP contribution >= 0.6 is 11.6 Å². The van der Waals surface area contributed by atoms with E-state index in [2.05, 4.69) is 15.3 Å². The second-order valence-electron chi connectivity index (χ2n) is 4.28. The second-order valence-corrected chi connectivity index (χ2v) is 4.67. The van der Waals surface area contributed by atoms with Crippen LogP contribution in [0, 0.1) is 5.92 Å². The molecule has 0 spiro atoms. The summed E-state index contributed by atoms with van der Waals surface area (Å²) in [6, 6.07) is 1.69. The summed E-state index contributed by atoms with van der Waals surface area (Å²) in [5, 5.41) is 12.5. The van der Waals surface area contributed by atoms with Crippen molar-refractivity contribution in [3.8, 4) is 0 Å². The topological polar surface area (TPSA) is 67.3 Å². The molecule has 0 saturated heterocycles. The zero-order valence-corrected chi connectivity index (χ0v) is 11.6. The highest BCUT2D eigenvalue weighted by molar-refractivity contribution is 6.29. The number of nitrogens with zero attached hydrogens (tertiary/aromatic N) is 2. The zero-order valence-electron chi connectivity index (χ0n) is 10.8. The van der Waals surface area contributed by atoms with Crippen molar-refractivity contribution in [3.05, 3.63) is 17.0 Å². The number of aliphatic hydroxyl groups excluding tert-OH is 1. The van der Waals surface area contributed by atoms with E-state index in [1.165, 1.54) is 0 Å². The summed E-state index contributed by atoms with van der Waals surface area (Å²) < 4.78 is 4.97. The third-order valence-corrected chi connectivity index (χ3v) is 2.70. The lowest BCUT2D eigenvalue weighted by Gasteiger charge is -2.09. The van der Waals surface area contributed by atoms with E-state index in [0.717, 1.165) is 19.4 Å². The van der Waals surface area contributed by atoms with Crippen molar-refractivity contribution in [2.24, 2.45) is 5.92 Å². The maximum absolute atomic E-state index is 8.91. The van der Waals surface area contributed by atoms with Crippen molar-refractivity contribution in [1.29, 1.82) is 0 Å². The Morgan fingerprint density at radius 3 is 2.94 bits per heavy atom. The van der Waals surface area contributed by atoms with Gasteiger partial charge in [-0.05, 0) is 18.8 Å². The number of nitrogens with one attached hydrogen (secondary N) is 1. The molecule has 102 valence electrons. The Kier molecular flexibility index (Phi) is 6.93. The highest BCUT2D eigenvalue weighted by Gasteiger charge is 2.03. The van der Waals surface area contributed by atoms with Crippen molar-refractivity contribution in [3.63, 3.8) is 0 Å². The quantitative estimate of drug-likeness (QED) is 0.561. The normalized spacial score (nSPS) is 12.4. The molecule has 1 rings (SSSR count). The Morgan fingerprint density at radius 2 is 2.28 bits per heavy atom. The molecule has 0 amide bonds. The van der Waals surface area contributed by atoms with Crippen LogP contribution in [-0.2, 0) is 11.3 Å². The summed E-state index contributed by atoms with van der Waals surface area (Å²) in [4.78, 5) is 8.33. The van der Waals surface area contributed by atoms with Gasteiger partial charge in [-0.15, -0.1) is 0 Å². The fraction of sp³-hybridized carbons (Fsp3) is 0.667. The number of hydrogen-bond acceptors (Lipinski definition) is 5. The predicted molar refractivity (Wildman–Crippen MR) is 71.7 cm³/mol. The van der Waals surface area contributed by atoms with Crippen LogP contribution in [0.5, 0.6) is 0 Å². The third kappa shape index (κ3) is 5.62. The van der Waals surface area contributed by atoms with Gasteiger partial charge in [0.1, 0.15) is 17.6 Å². The molecule has 1 heterocycles. The van der Waals surface area contributed by atoms with Crippen molar-refractivity contribution in [2.45, 2.75) is 26.4 Å². The Morgan fingerprint density at radius 1 is 1.50 bits per heavy atom. The van der Waals surface area contributed by atoms with E-state index >= 15 is 0 Å². The van der Waals surface area contributed by atoms with Gasteiger partial charge < -0.3 is 15.2 Å². The second kappa shape index (κ2) is 8.24. The van der Waals surface area contributed by atoms with Gasteiger partial charge in [0.05, 0.1) is 0 Å². The third-order valence-electron chi connectivity index (χ3n) is 2.51. The van der Waals surface area contributed by atoms with Crippen molar-refractivity contribution >= 4 is 17.4 Å². The van der Waals surface area contributed by atoms with E-state index < -0.39 is 0 Å². The van der Waals surface area contributed by atoms with E-state index in [1.54, 1.807) is 13.2 Å². The molecule has 0 saturated carbocycles. The lowest BCUT2D eigenvalue weighted by Crippen LogP contribution is -2.09. The van der Waals surface area contributed by atoms with Crippen molar-refractivity contribution < 1.29 is 9.84 Å². The van der Waals surface area contributed by atoms with Gasteiger partial charge in [0.2, 0.25) is 0 Å². The number of methoxy groups -OCH3 is 1. The van der Waals surface area contributed by atoms with E-state index in [-0.39, 0.29) is 6.61 Å². The van der Waals surface area contributed by atoms with Crippen LogP contribution in [0.25, 0.3) is 0 Å². The van der Waals surface area contributed by atoms with Crippen LogP contribution in [0.15, 0.2) is 6.07 Å². The Hall–Kier alpha value is -0.910. The number of halogens is 1. The van der Waals surface area contributed by atoms with Crippen LogP contribution in [-0.4, -0.2) is 35.3 Å². The molecule has 0 aliphatic carbocycles. The Bertz CT molecular complexity index is 363. The van der Waals surface area contributed by atoms with Gasteiger partial charge in [-0.25, -0.2) is 9.97 Å². The molecule has 1 aromatic rings. The molecule has 0 aliphatic rings. The Balaban J connectivity index is 2.41. The molecule has 1 atom stereocenters. The summed E-state index contributed by atoms with van der Waals surface area (Å²) in [6.45, 7) is 3.40. The van der Waals surface area contributed by atoms with Crippen LogP contribution in [0.3, 0.4) is 0 Å². The molecule has 5 nitrogen and oxygen atoms in total. The molecule has 0 fully saturated rings. The fourth-order valence-corrected chi connectivity index (χ4v) is 1.71. The van der Waals surface area contributed by atoms with Crippen molar-refractivity contribution in [1.82, 2.24) is 9.97 Å². The lowest BCUT2D eigenvalue weighted by molar-refractivity contribution is 0.178. The molecular weight excluding hydrogens is 254 g/mol. The van der Waals surface area contributed by atoms with E-state index in [1.807, 2.05) is 6.92 Å². The minimum absolute atomic E-state index is 0.233. The van der Waals surface area contributed by atoms with Gasteiger partial charge in [0, 0.05) is 26.3 Å². The largest absolute Gasteiger partial charge is 0.396 e. The minimum Gasteiger partial charge on any atom is -0.396 e. The molecule has 0 aliphatic heterocycles. The number of aromatic nitrogens is 2. The van der Waals surface area contributed by atoms with E-state index in [0.29, 0.717) is 29.3 Å². The predicted octanol–water partition coefficient (Wildman–Crippen LogP) is 2.10. The first-order chi connectivity index (χ1) is 8.65. The van der Waals surface area contributed by atoms with Crippen LogP contribution in [0.2, 0.25) is 5.15 Å². The molecule has 0 aromatic carbocycles. The SMILES string of the molecule is COCc1nc(Cl)cc(NCCCC(C)CO)n1. The average molecular weight is 274 g/mol. The van der Waals surface area contributed by atoms with E-state index in [4.69, 9.17) is 21.4 Å². The van der Waals surface area contributed by atoms with E-state index in [9.17, 15) is 0 Å². The Labute approximate surface area is 113 Å². The lowest BCUT2D eigenvalue weighted by atomic mass is 10.1. The molecule has 2 N–H and O–H groups in total. The molecule has 0 bridgehead atoms. The summed E-state index contributed by atoms with van der Waals surface area (Å²) in [6.07, 6.45) is 1.95. The standard InChI is InChI=1S/C12H20ClN3O2/c1-9(7-17)4-3-5-14-11-6-10(13)15-12(16-11)8-18-2/h6,9,17H,3-5,7-8H2,1-2H3,(H,14,15,16). The summed E-state index contributed by atoms with van der Waals surface area (Å²) in [5.41, 5.74) is 0. The molecule has 18 heavy (non-hydrogen) atoms. The van der Waals surface area contributed by atoms with Crippen molar-refractivity contribution in [2.75, 3.05) is 25.6 Å². The first-order valence-corrected chi connectivity index (χ1v) is 6.40. The highest BCUT2D eigenvalue weighted by atomic mass is 35.5. The molecule has 6 heteroatoms. The zero-order chi connectivity index (χ0) is 13.4. The van der Waals surface area contributed by atoms with Gasteiger partial charge in [-0.3, -0.25) is 0 Å². The average Bonchev–Trinajstić information content (AvgIpc) is 2.34. The number of aliphatic hydroxyl groups is 1. The monoisotopic (exact) mass is 273 g/mol. The van der Waals surface area contributed by atoms with Crippen LogP contribution in [0.1, 0.15) is 25.6 Å². The number of ether oxygens (including phenoxy) is 1. The minimum atomic E-state index is 0.233. The van der Waals surface area contributed by atoms with Gasteiger partial charge in [-0.1, -0.05) is 18.5 Å². The van der Waals surface area contributed by atoms with Crippen LogP contribution in [0.4, 0.5) is 5.82 Å².